The second-order valence-electron chi connectivity index (χ2n) is 4.50. The Labute approximate surface area is 113 Å². The fraction of sp³-hybridized carbons (Fsp3) is 0.400. The Bertz CT molecular complexity index is 560. The van der Waals surface area contributed by atoms with Gasteiger partial charge in [-0.15, -0.1) is 0 Å². The third-order valence-corrected chi connectivity index (χ3v) is 3.12. The summed E-state index contributed by atoms with van der Waals surface area (Å²) in [4.78, 5) is 20.8. The molecule has 0 aliphatic carbocycles. The van der Waals surface area contributed by atoms with Crippen molar-refractivity contribution in [3.8, 4) is 0 Å². The number of rotatable bonds is 6. The molecule has 0 radical (unpaired) electrons. The maximum Gasteiger partial charge on any atom is 0.188 e. The van der Waals surface area contributed by atoms with Gasteiger partial charge >= 0.3 is 0 Å². The number of carbonyl (C=O) groups is 1. The second kappa shape index (κ2) is 6.27. The number of pyridine rings is 1. The number of aromatic nitrogens is 3. The average molecular weight is 257 g/mol. The lowest BCUT2D eigenvalue weighted by atomic mass is 10.1. The van der Waals surface area contributed by atoms with Crippen LogP contribution in [-0.4, -0.2) is 20.3 Å². The van der Waals surface area contributed by atoms with E-state index in [1.165, 1.54) is 0 Å². The Morgan fingerprint density at radius 2 is 2.11 bits per heavy atom. The van der Waals surface area contributed by atoms with E-state index in [-0.39, 0.29) is 5.78 Å². The molecule has 0 N–H and O–H groups in total. The molecule has 0 aromatic carbocycles. The average Bonchev–Trinajstić information content (AvgIpc) is 2.86. The molecule has 0 amide bonds. The van der Waals surface area contributed by atoms with Gasteiger partial charge in [-0.1, -0.05) is 19.9 Å². The Kier molecular flexibility index (Phi) is 4.44. The molecule has 100 valence electrons. The van der Waals surface area contributed by atoms with E-state index in [9.17, 15) is 4.79 Å². The monoisotopic (exact) mass is 257 g/mol. The van der Waals surface area contributed by atoms with Crippen LogP contribution in [0.4, 0.5) is 0 Å². The smallest absolute Gasteiger partial charge is 0.188 e. The van der Waals surface area contributed by atoms with E-state index in [0.29, 0.717) is 12.1 Å². The van der Waals surface area contributed by atoms with Crippen LogP contribution in [0.25, 0.3) is 0 Å². The van der Waals surface area contributed by atoms with Crippen molar-refractivity contribution in [3.63, 3.8) is 0 Å². The van der Waals surface area contributed by atoms with Crippen LogP contribution < -0.4 is 0 Å². The Morgan fingerprint density at radius 3 is 2.84 bits per heavy atom. The van der Waals surface area contributed by atoms with Crippen LogP contribution >= 0.6 is 0 Å². The van der Waals surface area contributed by atoms with E-state index in [4.69, 9.17) is 0 Å². The molecule has 0 spiro atoms. The highest BCUT2D eigenvalue weighted by molar-refractivity contribution is 5.96. The van der Waals surface area contributed by atoms with Crippen molar-refractivity contribution in [2.75, 3.05) is 0 Å². The van der Waals surface area contributed by atoms with Crippen molar-refractivity contribution in [2.24, 2.45) is 0 Å². The molecule has 2 aromatic heterocycles. The summed E-state index contributed by atoms with van der Waals surface area (Å²) in [5.74, 6) is 0.862. The van der Waals surface area contributed by atoms with Crippen LogP contribution in [0.1, 0.15) is 42.1 Å². The zero-order valence-electron chi connectivity index (χ0n) is 11.5. The first-order valence-corrected chi connectivity index (χ1v) is 6.73. The van der Waals surface area contributed by atoms with E-state index in [1.54, 1.807) is 12.4 Å². The van der Waals surface area contributed by atoms with Crippen molar-refractivity contribution in [3.05, 3.63) is 47.8 Å². The summed E-state index contributed by atoms with van der Waals surface area (Å²) in [5, 5.41) is 0. The predicted molar refractivity (Wildman–Crippen MR) is 74.2 cm³/mol. The molecule has 2 aromatic rings. The van der Waals surface area contributed by atoms with Crippen LogP contribution in [0, 0.1) is 0 Å². The third kappa shape index (κ3) is 3.08. The van der Waals surface area contributed by atoms with E-state index in [0.717, 1.165) is 30.8 Å². The zero-order chi connectivity index (χ0) is 13.7. The Morgan fingerprint density at radius 1 is 1.26 bits per heavy atom. The maximum atomic E-state index is 12.3. The van der Waals surface area contributed by atoms with Gasteiger partial charge in [0, 0.05) is 25.1 Å². The highest BCUT2D eigenvalue weighted by atomic mass is 16.1. The largest absolute Gasteiger partial charge is 0.335 e. The maximum absolute atomic E-state index is 12.3. The van der Waals surface area contributed by atoms with Crippen LogP contribution in [0.3, 0.4) is 0 Å². The number of Topliss-reactive ketones (excluding diaryl/α,β-unsaturated/α-hetero) is 1. The number of carbonyl (C=O) groups excluding carboxylic acids is 1. The fourth-order valence-corrected chi connectivity index (χ4v) is 2.15. The topological polar surface area (TPSA) is 47.8 Å². The zero-order valence-corrected chi connectivity index (χ0v) is 11.5. The van der Waals surface area contributed by atoms with Gasteiger partial charge in [0.05, 0.1) is 6.42 Å². The number of hydrogen-bond donors (Lipinski definition) is 0. The molecular formula is C15H19N3O. The highest BCUT2D eigenvalue weighted by Gasteiger charge is 2.15. The molecule has 4 nitrogen and oxygen atoms in total. The molecular weight excluding hydrogens is 238 g/mol. The summed E-state index contributed by atoms with van der Waals surface area (Å²) < 4.78 is 2.03. The van der Waals surface area contributed by atoms with Gasteiger partial charge in [-0.2, -0.15) is 0 Å². The molecule has 0 atom stereocenters. The van der Waals surface area contributed by atoms with Crippen LogP contribution in [-0.2, 0) is 19.4 Å². The molecule has 0 fully saturated rings. The van der Waals surface area contributed by atoms with E-state index in [1.807, 2.05) is 29.8 Å². The van der Waals surface area contributed by atoms with E-state index >= 15 is 0 Å². The second-order valence-corrected chi connectivity index (χ2v) is 4.50. The van der Waals surface area contributed by atoms with Crippen molar-refractivity contribution in [2.45, 2.75) is 39.7 Å². The summed E-state index contributed by atoms with van der Waals surface area (Å²) in [6.45, 7) is 5.04. The first-order valence-electron chi connectivity index (χ1n) is 6.73. The molecule has 2 rings (SSSR count). The van der Waals surface area contributed by atoms with Gasteiger partial charge < -0.3 is 4.57 Å². The minimum Gasteiger partial charge on any atom is -0.335 e. The molecule has 0 aliphatic rings. The number of nitrogens with zero attached hydrogens (tertiary/aromatic N) is 3. The first-order chi connectivity index (χ1) is 9.26. The standard InChI is InChI=1S/C15H19N3O/c1-3-9-18-10-8-16-14(18)11-13(19)15-12(4-2)6-5-7-17-15/h5-8,10H,3-4,9,11H2,1-2H3. The lowest BCUT2D eigenvalue weighted by Crippen LogP contribution is -2.13. The summed E-state index contributed by atoms with van der Waals surface area (Å²) >= 11 is 0. The highest BCUT2D eigenvalue weighted by Crippen LogP contribution is 2.10. The lowest BCUT2D eigenvalue weighted by molar-refractivity contribution is 0.0984. The molecule has 4 heteroatoms. The van der Waals surface area contributed by atoms with Crippen molar-refractivity contribution in [1.29, 1.82) is 0 Å². The van der Waals surface area contributed by atoms with Gasteiger partial charge in [0.25, 0.3) is 0 Å². The minimum absolute atomic E-state index is 0.0426. The molecule has 0 bridgehead atoms. The van der Waals surface area contributed by atoms with Crippen LogP contribution in [0.2, 0.25) is 0 Å². The number of aryl methyl sites for hydroxylation is 2. The molecule has 0 aliphatic heterocycles. The molecule has 0 saturated heterocycles. The molecule has 0 unspecified atom stereocenters. The van der Waals surface area contributed by atoms with Gasteiger partial charge in [0.2, 0.25) is 0 Å². The van der Waals surface area contributed by atoms with E-state index in [2.05, 4.69) is 16.9 Å². The van der Waals surface area contributed by atoms with Gasteiger partial charge in [0.1, 0.15) is 11.5 Å². The summed E-state index contributed by atoms with van der Waals surface area (Å²) in [7, 11) is 0. The minimum atomic E-state index is 0.0426. The van der Waals surface area contributed by atoms with Gasteiger partial charge in [-0.25, -0.2) is 4.98 Å². The predicted octanol–water partition coefficient (Wildman–Crippen LogP) is 2.68. The van der Waals surface area contributed by atoms with Crippen LogP contribution in [0.15, 0.2) is 30.7 Å². The quantitative estimate of drug-likeness (QED) is 0.747. The molecule has 2 heterocycles. The number of hydrogen-bond acceptors (Lipinski definition) is 3. The van der Waals surface area contributed by atoms with E-state index < -0.39 is 0 Å². The first kappa shape index (κ1) is 13.5. The van der Waals surface area contributed by atoms with Crippen molar-refractivity contribution >= 4 is 5.78 Å². The fourth-order valence-electron chi connectivity index (χ4n) is 2.15. The third-order valence-electron chi connectivity index (χ3n) is 3.12. The van der Waals surface area contributed by atoms with Gasteiger partial charge in [-0.3, -0.25) is 9.78 Å². The van der Waals surface area contributed by atoms with Gasteiger partial charge in [0.15, 0.2) is 5.78 Å². The van der Waals surface area contributed by atoms with Crippen molar-refractivity contribution in [1.82, 2.24) is 14.5 Å². The van der Waals surface area contributed by atoms with Crippen LogP contribution in [0.5, 0.6) is 0 Å². The normalized spacial score (nSPS) is 10.6. The summed E-state index contributed by atoms with van der Waals surface area (Å²) in [5.41, 5.74) is 1.58. The summed E-state index contributed by atoms with van der Waals surface area (Å²) in [6, 6.07) is 3.83. The Hall–Kier alpha value is -1.97. The van der Waals surface area contributed by atoms with Crippen molar-refractivity contribution < 1.29 is 4.79 Å². The number of ketones is 1. The molecule has 19 heavy (non-hydrogen) atoms. The molecule has 0 saturated carbocycles. The SMILES string of the molecule is CCCn1ccnc1CC(=O)c1ncccc1CC. The Balaban J connectivity index is 2.18. The summed E-state index contributed by atoms with van der Waals surface area (Å²) in [6.07, 6.45) is 7.50. The lowest BCUT2D eigenvalue weighted by Gasteiger charge is -2.07. The number of imidazole rings is 1. The van der Waals surface area contributed by atoms with Gasteiger partial charge in [-0.05, 0) is 24.5 Å².